The maximum atomic E-state index is 7.62. The molecule has 0 atom stereocenters. The summed E-state index contributed by atoms with van der Waals surface area (Å²) < 4.78 is 4.83. The third-order valence-corrected chi connectivity index (χ3v) is 8.34. The van der Waals surface area contributed by atoms with Crippen LogP contribution in [0.1, 0.15) is 282 Å². The van der Waals surface area contributed by atoms with Crippen LogP contribution in [0.5, 0.6) is 0 Å². The quantitative estimate of drug-likeness (QED) is 0.0617. The standard InChI is InChI=1S/4C10H22.C4H10O.C2H6O2.C2H6O/c4*1-3-5-7-9-10-8-6-4-2;1-3-5-4-2;3-1-2-4;1-2-3/h4*3-10H2,1-2H3;3-4H2,1-2H3;3-4H,1-2H2;3H,2H2,1H3. The van der Waals surface area contributed by atoms with Gasteiger partial charge in [0.25, 0.3) is 0 Å². The summed E-state index contributed by atoms with van der Waals surface area (Å²) in [6.07, 6.45) is 45.8. The second kappa shape index (κ2) is 88.2. The molecule has 0 fully saturated rings. The van der Waals surface area contributed by atoms with E-state index in [1.54, 1.807) is 6.92 Å². The van der Waals surface area contributed by atoms with E-state index in [0.29, 0.717) is 0 Å². The number of aliphatic hydroxyl groups excluding tert-OH is 3. The van der Waals surface area contributed by atoms with Crippen LogP contribution >= 0.6 is 0 Å². The minimum Gasteiger partial charge on any atom is -0.397 e. The van der Waals surface area contributed by atoms with Gasteiger partial charge in [-0.15, -0.1) is 0 Å². The lowest BCUT2D eigenvalue weighted by atomic mass is 10.1. The molecule has 3 N–H and O–H groups in total. The lowest BCUT2D eigenvalue weighted by Crippen LogP contribution is -1.85. The monoisotopic (exact) mass is 751 g/mol. The Hall–Kier alpha value is -0.160. The molecule has 0 unspecified atom stereocenters. The molecule has 0 aromatic carbocycles. The fraction of sp³-hybridized carbons (Fsp3) is 1.00. The fourth-order valence-electron chi connectivity index (χ4n) is 5.03. The van der Waals surface area contributed by atoms with Gasteiger partial charge in [0.05, 0.1) is 13.2 Å². The number of aliphatic hydroxyl groups is 3. The van der Waals surface area contributed by atoms with Crippen LogP contribution in [-0.2, 0) is 4.74 Å². The van der Waals surface area contributed by atoms with E-state index in [9.17, 15) is 0 Å². The van der Waals surface area contributed by atoms with Crippen molar-refractivity contribution < 1.29 is 20.1 Å². The molecule has 0 aliphatic rings. The lowest BCUT2D eigenvalue weighted by Gasteiger charge is -1.97. The van der Waals surface area contributed by atoms with Crippen molar-refractivity contribution in [3.05, 3.63) is 0 Å². The van der Waals surface area contributed by atoms with Crippen molar-refractivity contribution >= 4 is 0 Å². The smallest absolute Gasteiger partial charge is 0.0662 e. The molecular weight excluding hydrogens is 641 g/mol. The van der Waals surface area contributed by atoms with Crippen LogP contribution in [0.4, 0.5) is 0 Å². The number of ether oxygens (including phenoxy) is 1. The average molecular weight is 751 g/mol. The van der Waals surface area contributed by atoms with Gasteiger partial charge in [0.2, 0.25) is 0 Å². The first-order chi connectivity index (χ1) is 25.4. The molecule has 0 heterocycles. The summed E-state index contributed by atoms with van der Waals surface area (Å²) in [7, 11) is 0. The van der Waals surface area contributed by atoms with E-state index in [0.717, 1.165) is 13.2 Å². The summed E-state index contributed by atoms with van der Waals surface area (Å²) in [6, 6.07) is 0. The zero-order chi connectivity index (χ0) is 40.9. The largest absolute Gasteiger partial charge is 0.397 e. The predicted molar refractivity (Wildman–Crippen MR) is 242 cm³/mol. The molecule has 0 bridgehead atoms. The highest BCUT2D eigenvalue weighted by molar-refractivity contribution is 4.46. The van der Waals surface area contributed by atoms with E-state index in [1.807, 2.05) is 13.8 Å². The molecule has 0 radical (unpaired) electrons. The normalized spacial score (nSPS) is 9.58. The number of unbranched alkanes of at least 4 members (excludes halogenated alkanes) is 28. The Morgan fingerprint density at radius 2 is 0.346 bits per heavy atom. The first-order valence-electron chi connectivity index (χ1n) is 23.8. The molecule has 326 valence electrons. The van der Waals surface area contributed by atoms with E-state index in [1.165, 1.54) is 205 Å². The average Bonchev–Trinajstić information content (AvgIpc) is 3.16. The third kappa shape index (κ3) is 125. The molecule has 52 heavy (non-hydrogen) atoms. The second-order valence-electron chi connectivity index (χ2n) is 14.0. The van der Waals surface area contributed by atoms with Gasteiger partial charge in [-0.2, -0.15) is 0 Å². The van der Waals surface area contributed by atoms with Gasteiger partial charge in [-0.05, 0) is 20.8 Å². The molecule has 0 rings (SSSR count). The molecule has 4 heteroatoms. The molecule has 0 aliphatic carbocycles. The first-order valence-corrected chi connectivity index (χ1v) is 23.8. The summed E-state index contributed by atoms with van der Waals surface area (Å²) in [5, 5.41) is 22.8. The first kappa shape index (κ1) is 66.6. The summed E-state index contributed by atoms with van der Waals surface area (Å²) in [4.78, 5) is 0. The number of hydrogen-bond acceptors (Lipinski definition) is 4. The van der Waals surface area contributed by atoms with Crippen LogP contribution in [0.25, 0.3) is 0 Å². The van der Waals surface area contributed by atoms with Gasteiger partial charge in [-0.25, -0.2) is 0 Å². The lowest BCUT2D eigenvalue weighted by molar-refractivity contribution is 0.162. The van der Waals surface area contributed by atoms with Crippen LogP contribution < -0.4 is 0 Å². The van der Waals surface area contributed by atoms with Crippen LogP contribution in [0, 0.1) is 0 Å². The number of rotatable bonds is 31. The van der Waals surface area contributed by atoms with Crippen molar-refractivity contribution in [1.82, 2.24) is 0 Å². The van der Waals surface area contributed by atoms with E-state index in [-0.39, 0.29) is 19.8 Å². The van der Waals surface area contributed by atoms with Crippen molar-refractivity contribution in [2.45, 2.75) is 282 Å². The third-order valence-electron chi connectivity index (χ3n) is 8.34. The second-order valence-corrected chi connectivity index (χ2v) is 14.0. The summed E-state index contributed by atoms with van der Waals surface area (Å²) in [5.41, 5.74) is 0. The Labute approximate surface area is 333 Å². The highest BCUT2D eigenvalue weighted by atomic mass is 16.5. The van der Waals surface area contributed by atoms with E-state index < -0.39 is 0 Å². The Morgan fingerprint density at radius 1 is 0.231 bits per heavy atom. The highest BCUT2D eigenvalue weighted by Gasteiger charge is 1.90. The minimum absolute atomic E-state index is 0.125. The van der Waals surface area contributed by atoms with Crippen LogP contribution in [0.15, 0.2) is 0 Å². The topological polar surface area (TPSA) is 69.9 Å². The summed E-state index contributed by atoms with van der Waals surface area (Å²) >= 11 is 0. The molecule has 0 aromatic heterocycles. The van der Waals surface area contributed by atoms with Gasteiger partial charge in [0.1, 0.15) is 0 Å². The van der Waals surface area contributed by atoms with Gasteiger partial charge in [-0.1, -0.05) is 261 Å². The SMILES string of the molecule is CCCCCCCCCC.CCCCCCCCCC.CCCCCCCCCC.CCCCCCCCCC.CCO.CCOCC.OCCO. The Balaban J connectivity index is -0.0000000941. The zero-order valence-electron chi connectivity index (χ0n) is 38.9. The predicted octanol–water partition coefficient (Wildman–Crippen LogP) is 16.6. The Morgan fingerprint density at radius 3 is 0.404 bits per heavy atom. The highest BCUT2D eigenvalue weighted by Crippen LogP contribution is 2.10. The van der Waals surface area contributed by atoms with Gasteiger partial charge < -0.3 is 20.1 Å². The maximum absolute atomic E-state index is 7.62. The molecule has 0 aromatic rings. The Bertz CT molecular complexity index is 319. The molecule has 0 spiro atoms. The van der Waals surface area contributed by atoms with Gasteiger partial charge in [0, 0.05) is 19.8 Å². The van der Waals surface area contributed by atoms with Crippen LogP contribution in [-0.4, -0.2) is 48.4 Å². The van der Waals surface area contributed by atoms with Gasteiger partial charge in [-0.3, -0.25) is 0 Å². The van der Waals surface area contributed by atoms with E-state index in [2.05, 4.69) is 55.4 Å². The van der Waals surface area contributed by atoms with Crippen LogP contribution in [0.2, 0.25) is 0 Å². The number of hydrogen-bond donors (Lipinski definition) is 3. The molecule has 0 amide bonds. The van der Waals surface area contributed by atoms with Crippen molar-refractivity contribution in [3.8, 4) is 0 Å². The molecule has 0 saturated heterocycles. The van der Waals surface area contributed by atoms with E-state index in [4.69, 9.17) is 20.1 Å². The Kier molecular flexibility index (Phi) is 113. The van der Waals surface area contributed by atoms with Crippen molar-refractivity contribution in [2.24, 2.45) is 0 Å². The van der Waals surface area contributed by atoms with E-state index >= 15 is 0 Å². The summed E-state index contributed by atoms with van der Waals surface area (Å²) in [6.45, 7) is 25.5. The van der Waals surface area contributed by atoms with Crippen molar-refractivity contribution in [3.63, 3.8) is 0 Å². The zero-order valence-corrected chi connectivity index (χ0v) is 38.9. The summed E-state index contributed by atoms with van der Waals surface area (Å²) in [5.74, 6) is 0. The van der Waals surface area contributed by atoms with Crippen molar-refractivity contribution in [2.75, 3.05) is 33.0 Å². The molecular formula is C48H110O4. The minimum atomic E-state index is -0.125. The molecule has 0 aliphatic heterocycles. The van der Waals surface area contributed by atoms with Gasteiger partial charge in [0.15, 0.2) is 0 Å². The van der Waals surface area contributed by atoms with Gasteiger partial charge >= 0.3 is 0 Å². The van der Waals surface area contributed by atoms with Crippen LogP contribution in [0.3, 0.4) is 0 Å². The fourth-order valence-corrected chi connectivity index (χ4v) is 5.03. The molecule has 0 saturated carbocycles. The maximum Gasteiger partial charge on any atom is 0.0662 e. The molecule has 4 nitrogen and oxygen atoms in total. The van der Waals surface area contributed by atoms with Crippen molar-refractivity contribution in [1.29, 1.82) is 0 Å².